The fourth-order valence-electron chi connectivity index (χ4n) is 1.79. The molecule has 0 aliphatic carbocycles. The highest BCUT2D eigenvalue weighted by atomic mass is 16.3. The van der Waals surface area contributed by atoms with Crippen molar-refractivity contribution < 1.29 is 4.42 Å². The molecule has 2 nitrogen and oxygen atoms in total. The minimum Gasteiger partial charge on any atom is -0.460 e. The first-order valence-corrected chi connectivity index (χ1v) is 4.99. The van der Waals surface area contributed by atoms with E-state index in [1.807, 2.05) is 30.5 Å². The largest absolute Gasteiger partial charge is 0.460 e. The maximum absolute atomic E-state index is 5.76. The number of aliphatic imine (C=N–C) groups is 1. The summed E-state index contributed by atoms with van der Waals surface area (Å²) in [4.78, 5) is 4.23. The van der Waals surface area contributed by atoms with E-state index in [9.17, 15) is 0 Å². The van der Waals surface area contributed by atoms with Gasteiger partial charge in [-0.2, -0.15) is 0 Å². The number of hydrogen-bond donors (Lipinski definition) is 0. The Morgan fingerprint density at radius 3 is 3.27 bits per heavy atom. The Morgan fingerprint density at radius 2 is 2.47 bits per heavy atom. The Morgan fingerprint density at radius 1 is 1.47 bits per heavy atom. The highest BCUT2D eigenvalue weighted by molar-refractivity contribution is 5.78. The lowest BCUT2D eigenvalue weighted by molar-refractivity contribution is 0.527. The summed E-state index contributed by atoms with van der Waals surface area (Å²) in [6.07, 6.45) is 5.91. The molecule has 3 rings (SSSR count). The minimum atomic E-state index is 0.280. The van der Waals surface area contributed by atoms with Gasteiger partial charge in [0.2, 0.25) is 0 Å². The Kier molecular flexibility index (Phi) is 1.91. The lowest BCUT2D eigenvalue weighted by atomic mass is 10.0. The third-order valence-corrected chi connectivity index (χ3v) is 2.58. The van der Waals surface area contributed by atoms with Crippen molar-refractivity contribution in [2.24, 2.45) is 4.99 Å². The topological polar surface area (TPSA) is 25.5 Å². The van der Waals surface area contributed by atoms with Crippen LogP contribution < -0.4 is 0 Å². The number of fused-ring (bicyclic) bond motifs is 1. The zero-order chi connectivity index (χ0) is 10.1. The van der Waals surface area contributed by atoms with E-state index < -0.39 is 0 Å². The predicted molar refractivity (Wildman–Crippen MR) is 60.3 cm³/mol. The predicted octanol–water partition coefficient (Wildman–Crippen LogP) is 2.96. The normalized spacial score (nSPS) is 19.9. The molecule has 0 saturated heterocycles. The van der Waals surface area contributed by atoms with Crippen molar-refractivity contribution in [1.82, 2.24) is 0 Å². The van der Waals surface area contributed by atoms with Crippen LogP contribution in [0, 0.1) is 6.07 Å². The van der Waals surface area contributed by atoms with E-state index in [2.05, 4.69) is 23.2 Å². The minimum absolute atomic E-state index is 0.280. The monoisotopic (exact) mass is 196 g/mol. The van der Waals surface area contributed by atoms with Crippen LogP contribution in [0.2, 0.25) is 0 Å². The molecule has 1 aromatic carbocycles. The lowest BCUT2D eigenvalue weighted by Gasteiger charge is -2.08. The first-order chi connectivity index (χ1) is 7.43. The zero-order valence-electron chi connectivity index (χ0n) is 8.18. The third-order valence-electron chi connectivity index (χ3n) is 2.58. The summed E-state index contributed by atoms with van der Waals surface area (Å²) in [7, 11) is 0. The first kappa shape index (κ1) is 8.48. The maximum Gasteiger partial charge on any atom is 0.134 e. The van der Waals surface area contributed by atoms with Gasteiger partial charge in [0.25, 0.3) is 0 Å². The van der Waals surface area contributed by atoms with Crippen molar-refractivity contribution in [3.63, 3.8) is 0 Å². The average Bonchev–Trinajstić information content (AvgIpc) is 2.74. The number of furan rings is 1. The first-order valence-electron chi connectivity index (χ1n) is 4.99. The van der Waals surface area contributed by atoms with E-state index in [1.54, 1.807) is 0 Å². The summed E-state index contributed by atoms with van der Waals surface area (Å²) in [6, 6.07) is 10.9. The Balaban J connectivity index is 2.04. The molecule has 1 radical (unpaired) electrons. The summed E-state index contributed by atoms with van der Waals surface area (Å²) in [5, 5.41) is 1.11. The van der Waals surface area contributed by atoms with Crippen LogP contribution >= 0.6 is 0 Å². The zero-order valence-corrected chi connectivity index (χ0v) is 8.18. The Hall–Kier alpha value is -1.83. The molecule has 15 heavy (non-hydrogen) atoms. The van der Waals surface area contributed by atoms with Crippen LogP contribution in [0.15, 0.2) is 45.8 Å². The molecule has 0 saturated carbocycles. The second-order valence-electron chi connectivity index (χ2n) is 3.62. The number of dihydropyridines is 1. The van der Waals surface area contributed by atoms with Crippen LogP contribution in [0.1, 0.15) is 11.7 Å². The van der Waals surface area contributed by atoms with Gasteiger partial charge in [-0.1, -0.05) is 12.1 Å². The fourth-order valence-corrected chi connectivity index (χ4v) is 1.79. The van der Waals surface area contributed by atoms with E-state index in [4.69, 9.17) is 4.42 Å². The third kappa shape index (κ3) is 1.48. The quantitative estimate of drug-likeness (QED) is 0.688. The van der Waals surface area contributed by atoms with E-state index in [-0.39, 0.29) is 5.92 Å². The number of nitrogens with zero attached hydrogens (tertiary/aromatic N) is 1. The standard InChI is InChI=1S/C13H10NO/c1-2-6-12-10(4-1)8-13(15-12)11-5-3-7-14-9-11/h2-8,11H,9H2. The summed E-state index contributed by atoms with van der Waals surface area (Å²) >= 11 is 0. The highest BCUT2D eigenvalue weighted by Crippen LogP contribution is 2.26. The smallest absolute Gasteiger partial charge is 0.134 e. The Labute approximate surface area is 87.9 Å². The van der Waals surface area contributed by atoms with Crippen molar-refractivity contribution in [1.29, 1.82) is 0 Å². The summed E-state index contributed by atoms with van der Waals surface area (Å²) in [5.41, 5.74) is 0.923. The molecule has 1 unspecified atom stereocenters. The molecule has 1 aromatic heterocycles. The molecule has 2 aromatic rings. The molecule has 0 bridgehead atoms. The summed E-state index contributed by atoms with van der Waals surface area (Å²) in [6.45, 7) is 0.778. The van der Waals surface area contributed by atoms with E-state index in [1.165, 1.54) is 0 Å². The molecule has 2 heteroatoms. The van der Waals surface area contributed by atoms with Crippen LogP contribution in [0.25, 0.3) is 11.0 Å². The van der Waals surface area contributed by atoms with Gasteiger partial charge in [0.15, 0.2) is 0 Å². The molecule has 0 N–H and O–H groups in total. The molecular weight excluding hydrogens is 186 g/mol. The number of hydrogen-bond acceptors (Lipinski definition) is 2. The van der Waals surface area contributed by atoms with Gasteiger partial charge in [-0.15, -0.1) is 0 Å². The van der Waals surface area contributed by atoms with Crippen molar-refractivity contribution in [2.75, 3.05) is 6.54 Å². The second kappa shape index (κ2) is 3.39. The molecule has 1 aliphatic rings. The number of benzene rings is 1. The van der Waals surface area contributed by atoms with Gasteiger partial charge < -0.3 is 4.42 Å². The lowest BCUT2D eigenvalue weighted by Crippen LogP contribution is -2.01. The average molecular weight is 196 g/mol. The van der Waals surface area contributed by atoms with Gasteiger partial charge in [0, 0.05) is 11.6 Å². The van der Waals surface area contributed by atoms with E-state index >= 15 is 0 Å². The highest BCUT2D eigenvalue weighted by Gasteiger charge is 2.13. The SMILES string of the molecule is [c]1ccc2oc(C3C=CC=NC3)cc2c1. The summed E-state index contributed by atoms with van der Waals surface area (Å²) < 4.78 is 5.76. The van der Waals surface area contributed by atoms with Crippen molar-refractivity contribution >= 4 is 17.2 Å². The van der Waals surface area contributed by atoms with Crippen LogP contribution in [-0.2, 0) is 0 Å². The van der Waals surface area contributed by atoms with E-state index in [0.717, 1.165) is 23.3 Å². The molecule has 1 aliphatic heterocycles. The van der Waals surface area contributed by atoms with Crippen LogP contribution in [0.3, 0.4) is 0 Å². The van der Waals surface area contributed by atoms with Gasteiger partial charge in [-0.05, 0) is 30.3 Å². The molecule has 1 atom stereocenters. The van der Waals surface area contributed by atoms with Gasteiger partial charge in [-0.3, -0.25) is 4.99 Å². The van der Waals surface area contributed by atoms with Gasteiger partial charge >= 0.3 is 0 Å². The van der Waals surface area contributed by atoms with Gasteiger partial charge in [-0.25, -0.2) is 0 Å². The maximum atomic E-state index is 5.76. The van der Waals surface area contributed by atoms with Crippen molar-refractivity contribution in [2.45, 2.75) is 5.92 Å². The van der Waals surface area contributed by atoms with Crippen molar-refractivity contribution in [3.05, 3.63) is 48.2 Å². The van der Waals surface area contributed by atoms with Crippen molar-refractivity contribution in [3.8, 4) is 0 Å². The molecular formula is C13H10NO. The molecule has 0 spiro atoms. The number of rotatable bonds is 1. The number of allylic oxidation sites excluding steroid dienone is 1. The second-order valence-corrected chi connectivity index (χ2v) is 3.62. The molecule has 73 valence electrons. The van der Waals surface area contributed by atoms with Crippen LogP contribution in [0.5, 0.6) is 0 Å². The fraction of sp³-hybridized carbons (Fsp3) is 0.154. The molecule has 0 fully saturated rings. The molecule has 0 amide bonds. The van der Waals surface area contributed by atoms with Gasteiger partial charge in [0.05, 0.1) is 12.5 Å². The van der Waals surface area contributed by atoms with Gasteiger partial charge in [0.1, 0.15) is 11.3 Å². The molecule has 2 heterocycles. The summed E-state index contributed by atoms with van der Waals surface area (Å²) in [5.74, 6) is 1.26. The van der Waals surface area contributed by atoms with Crippen LogP contribution in [-0.4, -0.2) is 12.8 Å². The van der Waals surface area contributed by atoms with Crippen LogP contribution in [0.4, 0.5) is 0 Å². The van der Waals surface area contributed by atoms with E-state index in [0.29, 0.717) is 0 Å². The Bertz CT molecular complexity index is 503.